The maximum Gasteiger partial charge on any atom is 0.244 e. The third kappa shape index (κ3) is 3.97. The SMILES string of the molecule is C/C(=C\C(=O)NC1CC(c2ccc(Cl)c(Cl)c2)C1)c1cccnc1. The van der Waals surface area contributed by atoms with Gasteiger partial charge in [0.15, 0.2) is 0 Å². The van der Waals surface area contributed by atoms with Crippen LogP contribution in [0.2, 0.25) is 10.0 Å². The molecule has 0 radical (unpaired) electrons. The number of aromatic nitrogens is 1. The van der Waals surface area contributed by atoms with Gasteiger partial charge in [-0.15, -0.1) is 0 Å². The van der Waals surface area contributed by atoms with Crippen molar-refractivity contribution in [2.45, 2.75) is 31.7 Å². The van der Waals surface area contributed by atoms with Crippen LogP contribution < -0.4 is 5.32 Å². The van der Waals surface area contributed by atoms with Crippen LogP contribution in [0.1, 0.15) is 36.8 Å². The number of carbonyl (C=O) groups is 1. The minimum absolute atomic E-state index is 0.0612. The number of rotatable bonds is 4. The average Bonchev–Trinajstić information content (AvgIpc) is 2.54. The van der Waals surface area contributed by atoms with Crippen LogP contribution in [-0.2, 0) is 4.79 Å². The van der Waals surface area contributed by atoms with Gasteiger partial charge in [0.2, 0.25) is 5.91 Å². The van der Waals surface area contributed by atoms with E-state index in [0.717, 1.165) is 24.0 Å². The number of carbonyl (C=O) groups excluding carboxylic acids is 1. The number of hydrogen-bond acceptors (Lipinski definition) is 2. The molecule has 1 aliphatic rings. The molecule has 24 heavy (non-hydrogen) atoms. The van der Waals surface area contributed by atoms with Crippen molar-refractivity contribution in [1.29, 1.82) is 0 Å². The summed E-state index contributed by atoms with van der Waals surface area (Å²) in [4.78, 5) is 16.2. The molecule has 1 amide bonds. The summed E-state index contributed by atoms with van der Waals surface area (Å²) in [7, 11) is 0. The summed E-state index contributed by atoms with van der Waals surface area (Å²) in [6.07, 6.45) is 6.94. The molecular formula is C19H18Cl2N2O. The Balaban J connectivity index is 1.53. The maximum atomic E-state index is 12.1. The van der Waals surface area contributed by atoms with Crippen LogP contribution in [-0.4, -0.2) is 16.9 Å². The zero-order valence-corrected chi connectivity index (χ0v) is 14.8. The predicted molar refractivity (Wildman–Crippen MR) is 98.3 cm³/mol. The molecule has 0 unspecified atom stereocenters. The van der Waals surface area contributed by atoms with Crippen molar-refractivity contribution in [3.05, 3.63) is 70.0 Å². The molecule has 5 heteroatoms. The van der Waals surface area contributed by atoms with E-state index < -0.39 is 0 Å². The third-order valence-corrected chi connectivity index (χ3v) is 5.10. The van der Waals surface area contributed by atoms with Gasteiger partial charge in [-0.1, -0.05) is 35.3 Å². The Labute approximate surface area is 151 Å². The second-order valence-corrected chi connectivity index (χ2v) is 6.93. The summed E-state index contributed by atoms with van der Waals surface area (Å²) in [6.45, 7) is 1.91. The largest absolute Gasteiger partial charge is 0.350 e. The number of hydrogen-bond donors (Lipinski definition) is 1. The van der Waals surface area contributed by atoms with Gasteiger partial charge in [-0.3, -0.25) is 9.78 Å². The number of pyridine rings is 1. The Morgan fingerprint density at radius 2 is 2.04 bits per heavy atom. The van der Waals surface area contributed by atoms with E-state index in [-0.39, 0.29) is 11.9 Å². The first-order valence-corrected chi connectivity index (χ1v) is 8.62. The maximum absolute atomic E-state index is 12.1. The van der Waals surface area contributed by atoms with Crippen LogP contribution in [0.5, 0.6) is 0 Å². The van der Waals surface area contributed by atoms with Gasteiger partial charge in [0, 0.05) is 24.5 Å². The molecule has 0 saturated heterocycles. The lowest BCUT2D eigenvalue weighted by Crippen LogP contribution is -2.42. The van der Waals surface area contributed by atoms with E-state index in [1.54, 1.807) is 18.5 Å². The van der Waals surface area contributed by atoms with Gasteiger partial charge in [0.25, 0.3) is 0 Å². The molecule has 3 rings (SSSR count). The van der Waals surface area contributed by atoms with Crippen molar-refractivity contribution in [2.24, 2.45) is 0 Å². The van der Waals surface area contributed by atoms with Gasteiger partial charge >= 0.3 is 0 Å². The smallest absolute Gasteiger partial charge is 0.244 e. The third-order valence-electron chi connectivity index (χ3n) is 4.36. The number of nitrogens with zero attached hydrogens (tertiary/aromatic N) is 1. The van der Waals surface area contributed by atoms with Crippen LogP contribution in [0.3, 0.4) is 0 Å². The Bertz CT molecular complexity index is 768. The van der Waals surface area contributed by atoms with E-state index in [2.05, 4.69) is 10.3 Å². The van der Waals surface area contributed by atoms with E-state index in [1.807, 2.05) is 37.3 Å². The summed E-state index contributed by atoms with van der Waals surface area (Å²) in [6, 6.07) is 9.75. The van der Waals surface area contributed by atoms with Gasteiger partial charge in [-0.05, 0) is 60.6 Å². The minimum Gasteiger partial charge on any atom is -0.350 e. The molecule has 1 aromatic heterocycles. The predicted octanol–water partition coefficient (Wildman–Crippen LogP) is 4.85. The Morgan fingerprint density at radius 1 is 1.25 bits per heavy atom. The topological polar surface area (TPSA) is 42.0 Å². The molecular weight excluding hydrogens is 343 g/mol. The molecule has 2 aromatic rings. The molecule has 1 N–H and O–H groups in total. The average molecular weight is 361 g/mol. The molecule has 0 aliphatic heterocycles. The summed E-state index contributed by atoms with van der Waals surface area (Å²) in [5.74, 6) is 0.363. The molecule has 1 aromatic carbocycles. The lowest BCUT2D eigenvalue weighted by atomic mass is 9.76. The number of allylic oxidation sites excluding steroid dienone is 1. The molecule has 1 heterocycles. The van der Waals surface area contributed by atoms with Crippen molar-refractivity contribution < 1.29 is 4.79 Å². The highest BCUT2D eigenvalue weighted by molar-refractivity contribution is 6.42. The minimum atomic E-state index is -0.0612. The first-order valence-electron chi connectivity index (χ1n) is 7.87. The van der Waals surface area contributed by atoms with Gasteiger partial charge in [0.1, 0.15) is 0 Å². The highest BCUT2D eigenvalue weighted by Crippen LogP contribution is 2.38. The Morgan fingerprint density at radius 3 is 2.71 bits per heavy atom. The van der Waals surface area contributed by atoms with Crippen LogP contribution in [0, 0.1) is 0 Å². The quantitative estimate of drug-likeness (QED) is 0.791. The highest BCUT2D eigenvalue weighted by Gasteiger charge is 2.31. The Kier molecular flexibility index (Phi) is 5.22. The van der Waals surface area contributed by atoms with Crippen molar-refractivity contribution in [3.8, 4) is 0 Å². The second-order valence-electron chi connectivity index (χ2n) is 6.12. The van der Waals surface area contributed by atoms with E-state index in [4.69, 9.17) is 23.2 Å². The molecule has 0 spiro atoms. The van der Waals surface area contributed by atoms with Crippen LogP contribution in [0.25, 0.3) is 5.57 Å². The molecule has 124 valence electrons. The van der Waals surface area contributed by atoms with Crippen LogP contribution in [0.15, 0.2) is 48.8 Å². The first kappa shape index (κ1) is 17.0. The number of benzene rings is 1. The van der Waals surface area contributed by atoms with E-state index in [9.17, 15) is 4.79 Å². The molecule has 3 nitrogen and oxygen atoms in total. The van der Waals surface area contributed by atoms with E-state index in [1.165, 1.54) is 5.56 Å². The fourth-order valence-corrected chi connectivity index (χ4v) is 3.20. The van der Waals surface area contributed by atoms with Crippen molar-refractivity contribution in [1.82, 2.24) is 10.3 Å². The summed E-state index contributed by atoms with van der Waals surface area (Å²) < 4.78 is 0. The molecule has 0 atom stereocenters. The monoisotopic (exact) mass is 360 g/mol. The van der Waals surface area contributed by atoms with Crippen LogP contribution in [0.4, 0.5) is 0 Å². The molecule has 1 aliphatic carbocycles. The number of nitrogens with one attached hydrogen (secondary N) is 1. The van der Waals surface area contributed by atoms with Crippen molar-refractivity contribution >= 4 is 34.7 Å². The molecule has 1 fully saturated rings. The lowest BCUT2D eigenvalue weighted by Gasteiger charge is -2.36. The van der Waals surface area contributed by atoms with Crippen molar-refractivity contribution in [3.63, 3.8) is 0 Å². The fraction of sp³-hybridized carbons (Fsp3) is 0.263. The van der Waals surface area contributed by atoms with Crippen molar-refractivity contribution in [2.75, 3.05) is 0 Å². The van der Waals surface area contributed by atoms with E-state index in [0.29, 0.717) is 16.0 Å². The number of halogens is 2. The normalized spacial score (nSPS) is 20.4. The zero-order chi connectivity index (χ0) is 17.1. The fourth-order valence-electron chi connectivity index (χ4n) is 2.89. The van der Waals surface area contributed by atoms with Gasteiger partial charge in [-0.25, -0.2) is 0 Å². The lowest BCUT2D eigenvalue weighted by molar-refractivity contribution is -0.117. The van der Waals surface area contributed by atoms with E-state index >= 15 is 0 Å². The van der Waals surface area contributed by atoms with Gasteiger partial charge in [0.05, 0.1) is 10.0 Å². The van der Waals surface area contributed by atoms with Crippen LogP contribution >= 0.6 is 23.2 Å². The summed E-state index contributed by atoms with van der Waals surface area (Å²) >= 11 is 12.0. The zero-order valence-electron chi connectivity index (χ0n) is 13.3. The second kappa shape index (κ2) is 7.37. The van der Waals surface area contributed by atoms with Gasteiger partial charge in [-0.2, -0.15) is 0 Å². The summed E-state index contributed by atoms with van der Waals surface area (Å²) in [5, 5.41) is 4.20. The molecule has 0 bridgehead atoms. The standard InChI is InChI=1S/C19H18Cl2N2O/c1-12(14-3-2-6-22-11-14)7-19(24)23-16-8-15(9-16)13-4-5-17(20)18(21)10-13/h2-7,10-11,15-16H,8-9H2,1H3,(H,23,24)/b12-7+. The highest BCUT2D eigenvalue weighted by atomic mass is 35.5. The molecule has 1 saturated carbocycles. The first-order chi connectivity index (χ1) is 11.5. The number of amides is 1. The summed E-state index contributed by atoms with van der Waals surface area (Å²) in [5.41, 5.74) is 3.04. The Hall–Kier alpha value is -1.84. The van der Waals surface area contributed by atoms with Gasteiger partial charge < -0.3 is 5.32 Å².